The summed E-state index contributed by atoms with van der Waals surface area (Å²) in [6, 6.07) is 0. The Morgan fingerprint density at radius 1 is 1.07 bits per heavy atom. The first-order chi connectivity index (χ1) is 12.9. The Bertz CT molecular complexity index is 501. The molecule has 0 saturated carbocycles. The molecule has 1 rings (SSSR count). The molecule has 7 heteroatoms. The quantitative estimate of drug-likeness (QED) is 0.716. The van der Waals surface area contributed by atoms with E-state index >= 15 is 0 Å². The molecule has 27 heavy (non-hydrogen) atoms. The molecule has 0 amide bonds. The third-order valence-electron chi connectivity index (χ3n) is 4.54. The van der Waals surface area contributed by atoms with Crippen molar-refractivity contribution < 1.29 is 34.1 Å². The van der Waals surface area contributed by atoms with Crippen molar-refractivity contribution in [1.82, 2.24) is 0 Å². The maximum absolute atomic E-state index is 11.9. The monoisotopic (exact) mass is 384 g/mol. The van der Waals surface area contributed by atoms with Crippen molar-refractivity contribution in [2.24, 2.45) is 0 Å². The molecule has 0 fully saturated rings. The van der Waals surface area contributed by atoms with Gasteiger partial charge in [-0.2, -0.15) is 0 Å². The lowest BCUT2D eigenvalue weighted by molar-refractivity contribution is -0.154. The molecule has 3 atom stereocenters. The zero-order valence-electron chi connectivity index (χ0n) is 16.1. The molecule has 0 aromatic carbocycles. The van der Waals surface area contributed by atoms with Crippen LogP contribution < -0.4 is 0 Å². The van der Waals surface area contributed by atoms with Gasteiger partial charge in [-0.25, -0.2) is 4.79 Å². The number of aliphatic hydroxyl groups excluding tert-OH is 1. The fraction of sp³-hybridized carbons (Fsp3) is 0.750. The number of aliphatic carboxylic acids is 1. The normalized spacial score (nSPS) is 27.3. The van der Waals surface area contributed by atoms with Crippen LogP contribution in [-0.2, 0) is 23.9 Å². The summed E-state index contributed by atoms with van der Waals surface area (Å²) in [4.78, 5) is 34.3. The van der Waals surface area contributed by atoms with Gasteiger partial charge in [-0.15, -0.1) is 0 Å². The van der Waals surface area contributed by atoms with Crippen LogP contribution in [0.25, 0.3) is 0 Å². The minimum absolute atomic E-state index is 0.198. The number of esters is 2. The minimum Gasteiger partial charge on any atom is -0.481 e. The van der Waals surface area contributed by atoms with Crippen molar-refractivity contribution >= 4 is 17.9 Å². The predicted octanol–water partition coefficient (Wildman–Crippen LogP) is 3.14. The molecule has 0 unspecified atom stereocenters. The van der Waals surface area contributed by atoms with Crippen molar-refractivity contribution in [3.05, 3.63) is 12.2 Å². The predicted molar refractivity (Wildman–Crippen MR) is 99.0 cm³/mol. The van der Waals surface area contributed by atoms with Gasteiger partial charge in [0.05, 0.1) is 25.0 Å². The van der Waals surface area contributed by atoms with Crippen molar-refractivity contribution in [3.63, 3.8) is 0 Å². The Kier molecular flexibility index (Phi) is 11.4. The SMILES string of the molecule is C[C@@H]1CCCCCCCCC[C@H](O)[C@@H](OC(=O)CCC(=O)O)/C=C/C(=O)O1. The maximum atomic E-state index is 11.9. The van der Waals surface area contributed by atoms with Gasteiger partial charge in [-0.05, 0) is 32.3 Å². The van der Waals surface area contributed by atoms with Gasteiger partial charge in [0.15, 0.2) is 0 Å². The lowest BCUT2D eigenvalue weighted by atomic mass is 10.0. The number of hydrogen-bond donors (Lipinski definition) is 2. The van der Waals surface area contributed by atoms with Crippen LogP contribution in [0.4, 0.5) is 0 Å². The van der Waals surface area contributed by atoms with E-state index in [0.717, 1.165) is 51.4 Å². The van der Waals surface area contributed by atoms with E-state index in [1.165, 1.54) is 12.2 Å². The highest BCUT2D eigenvalue weighted by molar-refractivity contribution is 5.82. The molecule has 0 aromatic rings. The first-order valence-electron chi connectivity index (χ1n) is 9.86. The summed E-state index contributed by atoms with van der Waals surface area (Å²) in [5.74, 6) is -2.37. The van der Waals surface area contributed by atoms with Crippen LogP contribution in [0.3, 0.4) is 0 Å². The van der Waals surface area contributed by atoms with E-state index in [0.29, 0.717) is 6.42 Å². The van der Waals surface area contributed by atoms with Gasteiger partial charge < -0.3 is 19.7 Å². The third-order valence-corrected chi connectivity index (χ3v) is 4.54. The van der Waals surface area contributed by atoms with Crippen molar-refractivity contribution in [1.29, 1.82) is 0 Å². The molecule has 0 aliphatic carbocycles. The van der Waals surface area contributed by atoms with Crippen LogP contribution in [0.15, 0.2) is 12.2 Å². The summed E-state index contributed by atoms with van der Waals surface area (Å²) in [6.45, 7) is 1.84. The summed E-state index contributed by atoms with van der Waals surface area (Å²) in [6.07, 6.45) is 8.24. The highest BCUT2D eigenvalue weighted by Crippen LogP contribution is 2.16. The van der Waals surface area contributed by atoms with E-state index in [1.54, 1.807) is 0 Å². The van der Waals surface area contributed by atoms with Gasteiger partial charge >= 0.3 is 17.9 Å². The molecule has 0 saturated heterocycles. The van der Waals surface area contributed by atoms with Crippen molar-refractivity contribution in [2.75, 3.05) is 0 Å². The fourth-order valence-corrected chi connectivity index (χ4v) is 2.97. The number of hydrogen-bond acceptors (Lipinski definition) is 6. The van der Waals surface area contributed by atoms with Gasteiger partial charge in [-0.1, -0.05) is 38.5 Å². The lowest BCUT2D eigenvalue weighted by Gasteiger charge is -2.20. The second-order valence-electron chi connectivity index (χ2n) is 7.07. The second kappa shape index (κ2) is 13.3. The highest BCUT2D eigenvalue weighted by atomic mass is 16.6. The molecule has 7 nitrogen and oxygen atoms in total. The third kappa shape index (κ3) is 11.4. The molecule has 0 radical (unpaired) electrons. The molecule has 0 spiro atoms. The number of carbonyl (C=O) groups excluding carboxylic acids is 2. The minimum atomic E-state index is -1.10. The number of rotatable bonds is 4. The lowest BCUT2D eigenvalue weighted by Crippen LogP contribution is -2.30. The summed E-state index contributed by atoms with van der Waals surface area (Å²) in [5.41, 5.74) is 0. The number of carboxylic acids is 1. The Morgan fingerprint density at radius 2 is 1.67 bits per heavy atom. The van der Waals surface area contributed by atoms with Crippen LogP contribution in [0.1, 0.15) is 77.6 Å². The number of aliphatic hydroxyl groups is 1. The zero-order chi connectivity index (χ0) is 20.1. The van der Waals surface area contributed by atoms with Gasteiger partial charge in [0.1, 0.15) is 6.10 Å². The van der Waals surface area contributed by atoms with Crippen molar-refractivity contribution in [3.8, 4) is 0 Å². The Hall–Kier alpha value is -1.89. The molecular formula is C20H32O7. The molecule has 1 heterocycles. The molecule has 1 aliphatic heterocycles. The maximum Gasteiger partial charge on any atom is 0.330 e. The Labute approximate surface area is 160 Å². The molecule has 0 aromatic heterocycles. The Balaban J connectivity index is 2.72. The largest absolute Gasteiger partial charge is 0.481 e. The van der Waals surface area contributed by atoms with Gasteiger partial charge in [-0.3, -0.25) is 9.59 Å². The standard InChI is InChI=1S/C20H32O7/c1-15-9-7-5-3-2-4-6-8-10-16(21)17(11-13-19(24)26-15)27-20(25)14-12-18(22)23/h11,13,15-17,21H,2-10,12,14H2,1H3,(H,22,23)/b13-11+/t15-,16+,17+/m1/s1. The molecule has 154 valence electrons. The van der Waals surface area contributed by atoms with E-state index in [-0.39, 0.29) is 18.9 Å². The number of carbonyl (C=O) groups is 3. The average molecular weight is 384 g/mol. The van der Waals surface area contributed by atoms with Crippen molar-refractivity contribution in [2.45, 2.75) is 95.9 Å². The van der Waals surface area contributed by atoms with E-state index in [4.69, 9.17) is 14.6 Å². The average Bonchev–Trinajstić information content (AvgIpc) is 2.60. The zero-order valence-corrected chi connectivity index (χ0v) is 16.1. The van der Waals surface area contributed by atoms with Gasteiger partial charge in [0.25, 0.3) is 0 Å². The fourth-order valence-electron chi connectivity index (χ4n) is 2.97. The van der Waals surface area contributed by atoms with Crippen LogP contribution in [0, 0.1) is 0 Å². The summed E-state index contributed by atoms with van der Waals surface area (Å²) >= 11 is 0. The van der Waals surface area contributed by atoms with Gasteiger partial charge in [0.2, 0.25) is 0 Å². The summed E-state index contributed by atoms with van der Waals surface area (Å²) in [7, 11) is 0. The van der Waals surface area contributed by atoms with E-state index in [1.807, 2.05) is 6.92 Å². The number of carboxylic acid groups (broad SMARTS) is 1. The molecule has 0 bridgehead atoms. The summed E-state index contributed by atoms with van der Waals surface area (Å²) in [5, 5.41) is 19.0. The summed E-state index contributed by atoms with van der Waals surface area (Å²) < 4.78 is 10.5. The van der Waals surface area contributed by atoms with Gasteiger partial charge in [0, 0.05) is 6.08 Å². The van der Waals surface area contributed by atoms with Crippen LogP contribution in [0.5, 0.6) is 0 Å². The van der Waals surface area contributed by atoms with E-state index < -0.39 is 30.1 Å². The number of cyclic esters (lactones) is 1. The van der Waals surface area contributed by atoms with E-state index in [9.17, 15) is 19.5 Å². The first-order valence-corrected chi connectivity index (χ1v) is 9.86. The number of ether oxygens (including phenoxy) is 2. The van der Waals surface area contributed by atoms with Crippen LogP contribution in [-0.4, -0.2) is 46.4 Å². The molecule has 2 N–H and O–H groups in total. The molecule has 1 aliphatic rings. The van der Waals surface area contributed by atoms with Crippen LogP contribution >= 0.6 is 0 Å². The molecular weight excluding hydrogens is 352 g/mol. The second-order valence-corrected chi connectivity index (χ2v) is 7.07. The topological polar surface area (TPSA) is 110 Å². The smallest absolute Gasteiger partial charge is 0.330 e. The highest BCUT2D eigenvalue weighted by Gasteiger charge is 2.22. The Morgan fingerprint density at radius 3 is 2.30 bits per heavy atom. The first kappa shape index (κ1) is 23.1. The van der Waals surface area contributed by atoms with Crippen LogP contribution in [0.2, 0.25) is 0 Å². The van der Waals surface area contributed by atoms with E-state index in [2.05, 4.69) is 0 Å².